The van der Waals surface area contributed by atoms with E-state index in [1.807, 2.05) is 18.2 Å². The number of benzene rings is 1. The average molecular weight is 364 g/mol. The summed E-state index contributed by atoms with van der Waals surface area (Å²) in [6.45, 7) is 4.20. The maximum atomic E-state index is 12.1. The third-order valence-electron chi connectivity index (χ3n) is 3.92. The second-order valence-electron chi connectivity index (χ2n) is 6.31. The number of carbonyl (C=O) groups is 1. The first-order valence-electron chi connectivity index (χ1n) is 8.58. The lowest BCUT2D eigenvalue weighted by atomic mass is 10.1. The molecular formula is C19H20N6O2. The lowest BCUT2D eigenvalue weighted by molar-refractivity contribution is 0.0940. The minimum absolute atomic E-state index is 0.0187. The number of hydrogen-bond acceptors (Lipinski definition) is 6. The van der Waals surface area contributed by atoms with E-state index in [0.717, 1.165) is 11.3 Å². The molecule has 0 aliphatic carbocycles. The Bertz CT molecular complexity index is 1020. The van der Waals surface area contributed by atoms with Gasteiger partial charge in [-0.3, -0.25) is 9.20 Å². The lowest BCUT2D eigenvalue weighted by Crippen LogP contribution is -2.30. The normalized spacial score (nSPS) is 10.7. The summed E-state index contributed by atoms with van der Waals surface area (Å²) in [6.07, 6.45) is 5.44. The zero-order valence-corrected chi connectivity index (χ0v) is 15.1. The molecule has 1 aromatic carbocycles. The number of aromatic hydroxyl groups is 1. The molecular weight excluding hydrogens is 344 g/mol. The van der Waals surface area contributed by atoms with E-state index in [4.69, 9.17) is 5.26 Å². The molecule has 1 amide bonds. The zero-order valence-electron chi connectivity index (χ0n) is 15.1. The van der Waals surface area contributed by atoms with E-state index in [1.165, 1.54) is 0 Å². The van der Waals surface area contributed by atoms with Crippen LogP contribution in [0.5, 0.6) is 5.75 Å². The Kier molecular flexibility index (Phi) is 5.22. The molecule has 3 aromatic rings. The van der Waals surface area contributed by atoms with E-state index in [9.17, 15) is 9.90 Å². The Labute approximate surface area is 156 Å². The van der Waals surface area contributed by atoms with Gasteiger partial charge in [0.1, 0.15) is 5.75 Å². The van der Waals surface area contributed by atoms with Crippen molar-refractivity contribution in [3.8, 4) is 23.1 Å². The van der Waals surface area contributed by atoms with Crippen LogP contribution in [0.4, 0.5) is 5.82 Å². The zero-order chi connectivity index (χ0) is 19.4. The smallest absolute Gasteiger partial charge is 0.255 e. The topological polar surface area (TPSA) is 115 Å². The van der Waals surface area contributed by atoms with Crippen molar-refractivity contribution in [2.24, 2.45) is 0 Å². The molecule has 3 rings (SSSR count). The van der Waals surface area contributed by atoms with E-state index in [0.29, 0.717) is 24.4 Å². The second kappa shape index (κ2) is 7.74. The molecule has 0 unspecified atom stereocenters. The van der Waals surface area contributed by atoms with Crippen LogP contribution in [-0.4, -0.2) is 38.0 Å². The highest BCUT2D eigenvalue weighted by atomic mass is 16.3. The van der Waals surface area contributed by atoms with Gasteiger partial charge >= 0.3 is 0 Å². The quantitative estimate of drug-likeness (QED) is 0.579. The molecule has 0 spiro atoms. The molecule has 2 aromatic heterocycles. The van der Waals surface area contributed by atoms with Crippen LogP contribution >= 0.6 is 0 Å². The third-order valence-corrected chi connectivity index (χ3v) is 3.92. The van der Waals surface area contributed by atoms with E-state index >= 15 is 0 Å². The maximum absolute atomic E-state index is 12.1. The second-order valence-corrected chi connectivity index (χ2v) is 6.31. The summed E-state index contributed by atoms with van der Waals surface area (Å²) in [4.78, 5) is 20.8. The van der Waals surface area contributed by atoms with Gasteiger partial charge in [-0.25, -0.2) is 9.97 Å². The number of fused-ring (bicyclic) bond motifs is 1. The molecule has 0 atom stereocenters. The Morgan fingerprint density at radius 2 is 2.19 bits per heavy atom. The van der Waals surface area contributed by atoms with E-state index in [-0.39, 0.29) is 23.3 Å². The summed E-state index contributed by atoms with van der Waals surface area (Å²) in [7, 11) is 0. The first-order valence-corrected chi connectivity index (χ1v) is 8.58. The number of nitrogens with one attached hydrogen (secondary N) is 2. The molecule has 0 saturated carbocycles. The standard InChI is InChI=1S/C19H20N6O2/c1-12(2)24-19(27)14-5-4-13(10-16(14)26)15-11-23-18-17(21-7-3-6-20)22-8-9-25(15)18/h4-5,8-12,26H,3,7H2,1-2H3,(H,21,22)(H,24,27). The van der Waals surface area contributed by atoms with Crippen LogP contribution in [0.1, 0.15) is 30.6 Å². The van der Waals surface area contributed by atoms with Crippen molar-refractivity contribution in [3.05, 3.63) is 42.4 Å². The Hall–Kier alpha value is -3.60. The molecule has 0 radical (unpaired) electrons. The molecule has 0 fully saturated rings. The summed E-state index contributed by atoms with van der Waals surface area (Å²) in [5, 5.41) is 24.8. The van der Waals surface area contributed by atoms with Crippen molar-refractivity contribution in [2.45, 2.75) is 26.3 Å². The van der Waals surface area contributed by atoms with Gasteiger partial charge in [0.2, 0.25) is 0 Å². The number of imidazole rings is 1. The summed E-state index contributed by atoms with van der Waals surface area (Å²) >= 11 is 0. The summed E-state index contributed by atoms with van der Waals surface area (Å²) in [6, 6.07) is 6.95. The van der Waals surface area contributed by atoms with Crippen molar-refractivity contribution in [3.63, 3.8) is 0 Å². The molecule has 3 N–H and O–H groups in total. The van der Waals surface area contributed by atoms with Gasteiger partial charge in [0.25, 0.3) is 5.91 Å². The number of phenols is 1. The van der Waals surface area contributed by atoms with Crippen LogP contribution in [0.25, 0.3) is 16.9 Å². The highest BCUT2D eigenvalue weighted by Crippen LogP contribution is 2.28. The predicted molar refractivity (Wildman–Crippen MR) is 101 cm³/mol. The number of amides is 1. The van der Waals surface area contributed by atoms with Crippen LogP contribution in [0.15, 0.2) is 36.8 Å². The van der Waals surface area contributed by atoms with E-state index in [2.05, 4.69) is 26.7 Å². The van der Waals surface area contributed by atoms with Crippen LogP contribution in [0.2, 0.25) is 0 Å². The fraction of sp³-hybridized carbons (Fsp3) is 0.263. The molecule has 0 aliphatic rings. The van der Waals surface area contributed by atoms with Crippen molar-refractivity contribution < 1.29 is 9.90 Å². The van der Waals surface area contributed by atoms with Crippen LogP contribution in [-0.2, 0) is 0 Å². The van der Waals surface area contributed by atoms with Gasteiger partial charge in [-0.1, -0.05) is 6.07 Å². The number of hydrogen-bond donors (Lipinski definition) is 3. The fourth-order valence-corrected chi connectivity index (χ4v) is 2.72. The van der Waals surface area contributed by atoms with Gasteiger partial charge in [0, 0.05) is 30.5 Å². The Morgan fingerprint density at radius 3 is 2.89 bits per heavy atom. The van der Waals surface area contributed by atoms with Crippen molar-refractivity contribution >= 4 is 17.4 Å². The van der Waals surface area contributed by atoms with E-state index in [1.54, 1.807) is 36.8 Å². The first kappa shape index (κ1) is 18.2. The SMILES string of the molecule is CC(C)NC(=O)c1ccc(-c2cnc3c(NCCC#N)nccn23)cc1O. The number of rotatable bonds is 6. The number of nitrogens with zero attached hydrogens (tertiary/aromatic N) is 4. The van der Waals surface area contributed by atoms with E-state index < -0.39 is 0 Å². The Morgan fingerprint density at radius 1 is 1.37 bits per heavy atom. The number of nitriles is 1. The average Bonchev–Trinajstić information content (AvgIpc) is 3.06. The predicted octanol–water partition coefficient (Wildman–Crippen LogP) is 2.57. The monoisotopic (exact) mass is 364 g/mol. The van der Waals surface area contributed by atoms with Crippen LogP contribution in [0, 0.1) is 11.3 Å². The fourth-order valence-electron chi connectivity index (χ4n) is 2.72. The van der Waals surface area contributed by atoms with Gasteiger partial charge in [0.05, 0.1) is 29.9 Å². The van der Waals surface area contributed by atoms with Crippen molar-refractivity contribution in [1.82, 2.24) is 19.7 Å². The minimum atomic E-state index is -0.319. The molecule has 27 heavy (non-hydrogen) atoms. The highest BCUT2D eigenvalue weighted by molar-refractivity contribution is 5.97. The van der Waals surface area contributed by atoms with Crippen LogP contribution in [0.3, 0.4) is 0 Å². The molecule has 0 saturated heterocycles. The first-order chi connectivity index (χ1) is 13.0. The summed E-state index contributed by atoms with van der Waals surface area (Å²) in [5.41, 5.74) is 2.31. The number of phenolic OH excluding ortho intramolecular Hbond substituents is 1. The lowest BCUT2D eigenvalue weighted by Gasteiger charge is -2.11. The molecule has 138 valence electrons. The van der Waals surface area contributed by atoms with Crippen molar-refractivity contribution in [2.75, 3.05) is 11.9 Å². The number of carbonyl (C=O) groups excluding carboxylic acids is 1. The van der Waals surface area contributed by atoms with Gasteiger partial charge < -0.3 is 15.7 Å². The van der Waals surface area contributed by atoms with Gasteiger partial charge in [-0.05, 0) is 26.0 Å². The van der Waals surface area contributed by atoms with Gasteiger partial charge in [-0.2, -0.15) is 5.26 Å². The summed E-state index contributed by atoms with van der Waals surface area (Å²) in [5.74, 6) is 0.165. The Balaban J connectivity index is 1.94. The van der Waals surface area contributed by atoms with Gasteiger partial charge in [-0.15, -0.1) is 0 Å². The molecule has 2 heterocycles. The molecule has 8 nitrogen and oxygen atoms in total. The highest BCUT2D eigenvalue weighted by Gasteiger charge is 2.15. The van der Waals surface area contributed by atoms with Gasteiger partial charge in [0.15, 0.2) is 11.5 Å². The largest absolute Gasteiger partial charge is 0.507 e. The molecule has 0 bridgehead atoms. The van der Waals surface area contributed by atoms with Crippen molar-refractivity contribution in [1.29, 1.82) is 5.26 Å². The van der Waals surface area contributed by atoms with Crippen LogP contribution < -0.4 is 10.6 Å². The number of aromatic nitrogens is 3. The molecule has 0 aliphatic heterocycles. The molecule has 8 heteroatoms. The maximum Gasteiger partial charge on any atom is 0.255 e. The summed E-state index contributed by atoms with van der Waals surface area (Å²) < 4.78 is 1.84. The third kappa shape index (κ3) is 3.82. The minimum Gasteiger partial charge on any atom is -0.507 e. The number of anilines is 1.